The van der Waals surface area contributed by atoms with Crippen LogP contribution in [-0.2, 0) is 32.3 Å². The number of benzene rings is 3. The Kier molecular flexibility index (Phi) is 6.82. The van der Waals surface area contributed by atoms with E-state index in [1.165, 1.54) is 35.6 Å². The Morgan fingerprint density at radius 2 is 1.43 bits per heavy atom. The summed E-state index contributed by atoms with van der Waals surface area (Å²) in [5.74, 6) is -0.285. The van der Waals surface area contributed by atoms with Gasteiger partial charge in [0.15, 0.2) is 0 Å². The second-order valence-electron chi connectivity index (χ2n) is 6.72. The van der Waals surface area contributed by atoms with E-state index in [0.717, 1.165) is 5.56 Å². The van der Waals surface area contributed by atoms with Crippen molar-refractivity contribution in [3.05, 3.63) is 95.0 Å². The maximum Gasteiger partial charge on any atom is 0.243 e. The smallest absolute Gasteiger partial charge is 0.243 e. The first-order valence-electron chi connectivity index (χ1n) is 9.02. The highest BCUT2D eigenvalue weighted by molar-refractivity contribution is 7.92. The normalized spacial score (nSPS) is 12.1. The average Bonchev–Trinajstić information content (AvgIpc) is 2.70. The van der Waals surface area contributed by atoms with Crippen molar-refractivity contribution in [2.24, 2.45) is 0 Å². The Morgan fingerprint density at radius 1 is 0.833 bits per heavy atom. The third kappa shape index (κ3) is 5.60. The monoisotopic (exact) mass is 464 g/mol. The van der Waals surface area contributed by atoms with Gasteiger partial charge in [-0.25, -0.2) is 16.8 Å². The molecule has 0 radical (unpaired) electrons. The van der Waals surface area contributed by atoms with Gasteiger partial charge in [0.05, 0.1) is 10.6 Å². The number of hydrogen-bond acceptors (Lipinski definition) is 4. The van der Waals surface area contributed by atoms with Crippen molar-refractivity contribution >= 4 is 37.3 Å². The molecule has 9 heteroatoms. The van der Waals surface area contributed by atoms with E-state index in [2.05, 4.69) is 4.72 Å². The zero-order chi connectivity index (χ0) is 21.8. The van der Waals surface area contributed by atoms with Gasteiger partial charge in [0.1, 0.15) is 0 Å². The summed E-state index contributed by atoms with van der Waals surface area (Å²) in [6.45, 7) is 0.232. The zero-order valence-corrected chi connectivity index (χ0v) is 18.6. The summed E-state index contributed by atoms with van der Waals surface area (Å²) in [5, 5.41) is 0.366. The lowest BCUT2D eigenvalue weighted by Crippen LogP contribution is -2.26. The molecule has 0 spiro atoms. The SMILES string of the molecule is CN(Cc1ccccc1)S(=O)(=O)c1ccc(NS(=O)(=O)Cc2ccccc2Cl)cc1. The summed E-state index contributed by atoms with van der Waals surface area (Å²) in [7, 11) is -5.92. The van der Waals surface area contributed by atoms with E-state index in [1.54, 1.807) is 24.3 Å². The van der Waals surface area contributed by atoms with Crippen LogP contribution in [0.3, 0.4) is 0 Å². The van der Waals surface area contributed by atoms with Gasteiger partial charge in [0.25, 0.3) is 0 Å². The molecule has 0 heterocycles. The van der Waals surface area contributed by atoms with Crippen LogP contribution in [0.25, 0.3) is 0 Å². The fourth-order valence-electron chi connectivity index (χ4n) is 2.84. The fraction of sp³-hybridized carbons (Fsp3) is 0.143. The number of rotatable bonds is 8. The van der Waals surface area contributed by atoms with Gasteiger partial charge < -0.3 is 0 Å². The number of nitrogens with one attached hydrogen (secondary N) is 1. The largest absolute Gasteiger partial charge is 0.283 e. The number of nitrogens with zero attached hydrogens (tertiary/aromatic N) is 1. The second-order valence-corrected chi connectivity index (χ2v) is 10.9. The molecule has 3 rings (SSSR count). The van der Waals surface area contributed by atoms with Gasteiger partial charge in [-0.15, -0.1) is 0 Å². The van der Waals surface area contributed by atoms with Crippen molar-refractivity contribution in [3.8, 4) is 0 Å². The summed E-state index contributed by atoms with van der Waals surface area (Å²) < 4.78 is 54.1. The first-order valence-corrected chi connectivity index (χ1v) is 12.5. The summed E-state index contributed by atoms with van der Waals surface area (Å²) in [6, 6.07) is 21.6. The van der Waals surface area contributed by atoms with Gasteiger partial charge in [0, 0.05) is 24.3 Å². The minimum Gasteiger partial charge on any atom is -0.283 e. The molecule has 0 atom stereocenters. The van der Waals surface area contributed by atoms with Crippen molar-refractivity contribution in [2.45, 2.75) is 17.2 Å². The van der Waals surface area contributed by atoms with Crippen molar-refractivity contribution in [3.63, 3.8) is 0 Å². The molecular weight excluding hydrogens is 444 g/mol. The molecule has 30 heavy (non-hydrogen) atoms. The van der Waals surface area contributed by atoms with E-state index in [-0.39, 0.29) is 22.9 Å². The molecule has 3 aromatic carbocycles. The summed E-state index contributed by atoms with van der Waals surface area (Å²) in [4.78, 5) is 0.0787. The van der Waals surface area contributed by atoms with Gasteiger partial charge in [0.2, 0.25) is 20.0 Å². The Labute approximate surface area is 182 Å². The minimum atomic E-state index is -3.71. The number of hydrogen-bond donors (Lipinski definition) is 1. The van der Waals surface area contributed by atoms with Crippen LogP contribution >= 0.6 is 11.6 Å². The molecule has 0 unspecified atom stereocenters. The topological polar surface area (TPSA) is 83.6 Å². The molecule has 0 aliphatic carbocycles. The lowest BCUT2D eigenvalue weighted by Gasteiger charge is -2.17. The number of sulfonamides is 2. The molecule has 0 aliphatic heterocycles. The van der Waals surface area contributed by atoms with Crippen LogP contribution in [0.1, 0.15) is 11.1 Å². The van der Waals surface area contributed by atoms with Crippen LogP contribution in [-0.4, -0.2) is 28.2 Å². The lowest BCUT2D eigenvalue weighted by molar-refractivity contribution is 0.467. The molecule has 6 nitrogen and oxygen atoms in total. The Morgan fingerprint density at radius 3 is 2.07 bits per heavy atom. The number of halogens is 1. The molecule has 0 saturated carbocycles. The minimum absolute atomic E-state index is 0.0787. The van der Waals surface area contributed by atoms with Crippen molar-refractivity contribution in [2.75, 3.05) is 11.8 Å². The van der Waals surface area contributed by atoms with Crippen LogP contribution in [0.15, 0.2) is 83.8 Å². The maximum atomic E-state index is 12.8. The van der Waals surface area contributed by atoms with Crippen LogP contribution in [0.4, 0.5) is 5.69 Å². The van der Waals surface area contributed by atoms with Gasteiger partial charge in [-0.05, 0) is 41.5 Å². The Balaban J connectivity index is 1.71. The third-order valence-electron chi connectivity index (χ3n) is 4.39. The molecular formula is C21H21ClN2O4S2. The van der Waals surface area contributed by atoms with E-state index in [9.17, 15) is 16.8 Å². The highest BCUT2D eigenvalue weighted by Gasteiger charge is 2.21. The van der Waals surface area contributed by atoms with Gasteiger partial charge >= 0.3 is 0 Å². The fourth-order valence-corrected chi connectivity index (χ4v) is 5.51. The van der Waals surface area contributed by atoms with Crippen LogP contribution < -0.4 is 4.72 Å². The van der Waals surface area contributed by atoms with E-state index in [0.29, 0.717) is 10.6 Å². The average molecular weight is 465 g/mol. The number of anilines is 1. The lowest BCUT2D eigenvalue weighted by atomic mass is 10.2. The van der Waals surface area contributed by atoms with Gasteiger partial charge in [-0.3, -0.25) is 4.72 Å². The molecule has 0 bridgehead atoms. The molecule has 0 aromatic heterocycles. The van der Waals surface area contributed by atoms with E-state index in [1.807, 2.05) is 30.3 Å². The molecule has 158 valence electrons. The van der Waals surface area contributed by atoms with Crippen LogP contribution in [0.5, 0.6) is 0 Å². The highest BCUT2D eigenvalue weighted by atomic mass is 35.5. The Bertz CT molecular complexity index is 1210. The van der Waals surface area contributed by atoms with Crippen LogP contribution in [0.2, 0.25) is 5.02 Å². The summed E-state index contributed by atoms with van der Waals surface area (Å²) in [5.41, 5.74) is 1.62. The molecule has 0 aliphatic rings. The zero-order valence-electron chi connectivity index (χ0n) is 16.2. The summed E-state index contributed by atoms with van der Waals surface area (Å²) in [6.07, 6.45) is 0. The van der Waals surface area contributed by atoms with Crippen molar-refractivity contribution in [1.82, 2.24) is 4.31 Å². The van der Waals surface area contributed by atoms with Gasteiger partial charge in [-0.1, -0.05) is 60.1 Å². The molecule has 3 aromatic rings. The standard InChI is InChI=1S/C21H21ClN2O4S2/c1-24(15-17-7-3-2-4-8-17)30(27,28)20-13-11-19(12-14-20)23-29(25,26)16-18-9-5-6-10-21(18)22/h2-14,23H,15-16H2,1H3. The van der Waals surface area contributed by atoms with Gasteiger partial charge in [-0.2, -0.15) is 4.31 Å². The first-order chi connectivity index (χ1) is 14.2. The Hall–Kier alpha value is -2.39. The third-order valence-corrected chi connectivity index (χ3v) is 7.81. The molecule has 0 amide bonds. The predicted octanol–water partition coefficient (Wildman–Crippen LogP) is 4.10. The highest BCUT2D eigenvalue weighted by Crippen LogP contribution is 2.22. The van der Waals surface area contributed by atoms with E-state index >= 15 is 0 Å². The van der Waals surface area contributed by atoms with Crippen LogP contribution in [0, 0.1) is 0 Å². The summed E-state index contributed by atoms with van der Waals surface area (Å²) >= 11 is 6.03. The quantitative estimate of drug-likeness (QED) is 0.544. The van der Waals surface area contributed by atoms with E-state index < -0.39 is 20.0 Å². The first kappa shape index (κ1) is 22.3. The maximum absolute atomic E-state index is 12.8. The molecule has 0 saturated heterocycles. The van der Waals surface area contributed by atoms with Crippen molar-refractivity contribution < 1.29 is 16.8 Å². The molecule has 1 N–H and O–H groups in total. The molecule has 0 fully saturated rings. The van der Waals surface area contributed by atoms with Crippen molar-refractivity contribution in [1.29, 1.82) is 0 Å². The van der Waals surface area contributed by atoms with E-state index in [4.69, 9.17) is 11.6 Å². The second kappa shape index (κ2) is 9.18. The predicted molar refractivity (Wildman–Crippen MR) is 119 cm³/mol.